The van der Waals surface area contributed by atoms with Crippen molar-refractivity contribution in [1.82, 2.24) is 20.4 Å². The summed E-state index contributed by atoms with van der Waals surface area (Å²) in [5, 5.41) is 19.9. The highest BCUT2D eigenvalue weighted by Crippen LogP contribution is 2.38. The smallest absolute Gasteiger partial charge is 0.407 e. The maximum Gasteiger partial charge on any atom is 0.407 e. The highest BCUT2D eigenvalue weighted by Gasteiger charge is 2.43. The molecule has 0 spiro atoms. The molecule has 2 aromatic carbocycles. The number of fused-ring (bicyclic) bond motifs is 3. The number of nitrogens with one attached hydrogen (secondary N) is 2. The van der Waals surface area contributed by atoms with Crippen molar-refractivity contribution >= 4 is 39.4 Å². The van der Waals surface area contributed by atoms with Crippen molar-refractivity contribution in [3.63, 3.8) is 0 Å². The molecule has 0 bridgehead atoms. The number of furan rings is 1. The second kappa shape index (κ2) is 11.7. The number of rotatable bonds is 10. The Morgan fingerprint density at radius 1 is 1.15 bits per heavy atom. The third-order valence-corrected chi connectivity index (χ3v) is 6.67. The lowest BCUT2D eigenvalue weighted by Gasteiger charge is -2.29. The minimum absolute atomic E-state index is 0.0810. The molecule has 2 heterocycles. The van der Waals surface area contributed by atoms with Crippen LogP contribution in [-0.4, -0.2) is 39.8 Å². The monoisotopic (exact) mass is 559 g/mol. The van der Waals surface area contributed by atoms with Gasteiger partial charge >= 0.3 is 6.18 Å². The fourth-order valence-electron chi connectivity index (χ4n) is 4.58. The summed E-state index contributed by atoms with van der Waals surface area (Å²) in [6, 6.07) is 7.66. The number of amides is 1. The number of carbonyl (C=O) groups excluding carboxylic acids is 1. The Morgan fingerprint density at radius 3 is 2.54 bits per heavy atom. The summed E-state index contributed by atoms with van der Waals surface area (Å²) in [5.74, 6) is -0.627. The van der Waals surface area contributed by atoms with Crippen LogP contribution in [0.1, 0.15) is 38.3 Å². The second-order valence-corrected chi connectivity index (χ2v) is 10.3. The maximum absolute atomic E-state index is 14.4. The molecular weight excluding hydrogens is 531 g/mol. The molecule has 0 aliphatic rings. The SMILES string of the molecule is CC(C)CC(NC(c1ccc2c(c1)oc1ccc(-c3cnn(C)c3)cc12)C(F)(F)F)C(=O)NC(C#N)CCCl. The van der Waals surface area contributed by atoms with Gasteiger partial charge in [0.05, 0.1) is 18.3 Å². The normalized spacial score (nSPS) is 14.4. The van der Waals surface area contributed by atoms with E-state index in [2.05, 4.69) is 15.7 Å². The van der Waals surface area contributed by atoms with E-state index in [1.54, 1.807) is 23.0 Å². The Labute approximate surface area is 228 Å². The van der Waals surface area contributed by atoms with Crippen LogP contribution < -0.4 is 10.6 Å². The van der Waals surface area contributed by atoms with E-state index in [0.717, 1.165) is 16.5 Å². The maximum atomic E-state index is 14.4. The number of nitriles is 1. The van der Waals surface area contributed by atoms with Crippen LogP contribution in [0.3, 0.4) is 0 Å². The van der Waals surface area contributed by atoms with Crippen molar-refractivity contribution in [2.24, 2.45) is 13.0 Å². The topological polar surface area (TPSA) is 95.9 Å². The highest BCUT2D eigenvalue weighted by molar-refractivity contribution is 6.17. The van der Waals surface area contributed by atoms with E-state index in [1.807, 2.05) is 45.3 Å². The number of halogens is 4. The van der Waals surface area contributed by atoms with E-state index < -0.39 is 30.2 Å². The van der Waals surface area contributed by atoms with Crippen molar-refractivity contribution in [3.8, 4) is 17.2 Å². The molecule has 11 heteroatoms. The molecule has 39 heavy (non-hydrogen) atoms. The third kappa shape index (κ3) is 6.54. The van der Waals surface area contributed by atoms with Gasteiger partial charge in [0.1, 0.15) is 23.2 Å². The predicted molar refractivity (Wildman–Crippen MR) is 144 cm³/mol. The predicted octanol–water partition coefficient (Wildman–Crippen LogP) is 6.23. The average molecular weight is 560 g/mol. The van der Waals surface area contributed by atoms with E-state index in [-0.39, 0.29) is 30.2 Å². The Kier molecular flexibility index (Phi) is 8.52. The Balaban J connectivity index is 1.68. The van der Waals surface area contributed by atoms with Gasteiger partial charge in [0, 0.05) is 35.5 Å². The van der Waals surface area contributed by atoms with Gasteiger partial charge < -0.3 is 9.73 Å². The number of aromatic nitrogens is 2. The first-order valence-electron chi connectivity index (χ1n) is 12.5. The number of hydrogen-bond acceptors (Lipinski definition) is 5. The number of hydrogen-bond donors (Lipinski definition) is 2. The van der Waals surface area contributed by atoms with Gasteiger partial charge in [-0.15, -0.1) is 11.6 Å². The van der Waals surface area contributed by atoms with Gasteiger partial charge in [-0.3, -0.25) is 14.8 Å². The van der Waals surface area contributed by atoms with Crippen LogP contribution >= 0.6 is 11.6 Å². The lowest BCUT2D eigenvalue weighted by atomic mass is 9.98. The van der Waals surface area contributed by atoms with Crippen LogP contribution in [0.2, 0.25) is 0 Å². The Hall–Kier alpha value is -3.55. The average Bonchev–Trinajstić information content (AvgIpc) is 3.47. The molecule has 2 aromatic heterocycles. The number of carbonyl (C=O) groups is 1. The Morgan fingerprint density at radius 2 is 1.92 bits per heavy atom. The molecule has 7 nitrogen and oxygen atoms in total. The number of nitrogens with zero attached hydrogens (tertiary/aromatic N) is 3. The van der Waals surface area contributed by atoms with E-state index in [1.165, 1.54) is 12.1 Å². The van der Waals surface area contributed by atoms with Crippen molar-refractivity contribution < 1.29 is 22.4 Å². The first-order valence-corrected chi connectivity index (χ1v) is 13.1. The summed E-state index contributed by atoms with van der Waals surface area (Å²) in [6.07, 6.45) is -0.764. The molecule has 2 N–H and O–H groups in total. The van der Waals surface area contributed by atoms with Crippen molar-refractivity contribution in [1.29, 1.82) is 5.26 Å². The number of alkyl halides is 4. The van der Waals surface area contributed by atoms with E-state index in [0.29, 0.717) is 16.6 Å². The molecule has 4 rings (SSSR count). The Bertz CT molecular complexity index is 1500. The summed E-state index contributed by atoms with van der Waals surface area (Å²) in [4.78, 5) is 12.9. The lowest BCUT2D eigenvalue weighted by molar-refractivity contribution is -0.161. The molecule has 0 aliphatic heterocycles. The minimum atomic E-state index is -4.70. The second-order valence-electron chi connectivity index (χ2n) is 9.96. The summed E-state index contributed by atoms with van der Waals surface area (Å²) in [5.41, 5.74) is 2.58. The van der Waals surface area contributed by atoms with Crippen LogP contribution in [0.15, 0.2) is 53.2 Å². The first kappa shape index (κ1) is 28.5. The van der Waals surface area contributed by atoms with Gasteiger partial charge in [-0.25, -0.2) is 0 Å². The minimum Gasteiger partial charge on any atom is -0.456 e. The quantitative estimate of drug-likeness (QED) is 0.225. The van der Waals surface area contributed by atoms with Crippen LogP contribution in [0, 0.1) is 17.2 Å². The molecule has 0 saturated carbocycles. The van der Waals surface area contributed by atoms with Crippen LogP contribution in [0.4, 0.5) is 13.2 Å². The summed E-state index contributed by atoms with van der Waals surface area (Å²) < 4.78 is 50.7. The fraction of sp³-hybridized carbons (Fsp3) is 0.393. The van der Waals surface area contributed by atoms with Crippen molar-refractivity contribution in [2.45, 2.75) is 51.0 Å². The molecule has 3 atom stereocenters. The largest absolute Gasteiger partial charge is 0.456 e. The van der Waals surface area contributed by atoms with Gasteiger partial charge in [0.15, 0.2) is 0 Å². The summed E-state index contributed by atoms with van der Waals surface area (Å²) >= 11 is 5.68. The van der Waals surface area contributed by atoms with E-state index in [4.69, 9.17) is 16.0 Å². The van der Waals surface area contributed by atoms with E-state index >= 15 is 0 Å². The molecule has 4 aromatic rings. The molecular formula is C28H29ClF3N5O2. The molecule has 0 aliphatic carbocycles. The molecule has 0 saturated heterocycles. The zero-order chi connectivity index (χ0) is 28.3. The molecule has 1 amide bonds. The van der Waals surface area contributed by atoms with Gasteiger partial charge in [-0.1, -0.05) is 32.0 Å². The molecule has 0 radical (unpaired) electrons. The third-order valence-electron chi connectivity index (χ3n) is 6.46. The van der Waals surface area contributed by atoms with Crippen molar-refractivity contribution in [2.75, 3.05) is 5.88 Å². The number of aryl methyl sites for hydroxylation is 1. The molecule has 3 unspecified atom stereocenters. The van der Waals surface area contributed by atoms with Crippen LogP contribution in [0.25, 0.3) is 33.1 Å². The van der Waals surface area contributed by atoms with Crippen LogP contribution in [0.5, 0.6) is 0 Å². The van der Waals surface area contributed by atoms with Crippen molar-refractivity contribution in [3.05, 3.63) is 54.4 Å². The standard InChI is InChI=1S/C28H29ClF3N5O2/c1-16(2)10-23(27(38)35-20(13-33)8-9-29)36-26(28(30,31)32)18-4-6-21-22-11-17(19-14-34-37(3)15-19)5-7-24(22)39-25(21)12-18/h4-7,11-12,14-16,20,23,26,36H,8-10H2,1-3H3,(H,35,38). The summed E-state index contributed by atoms with van der Waals surface area (Å²) in [7, 11) is 1.82. The number of benzene rings is 2. The first-order chi connectivity index (χ1) is 18.5. The zero-order valence-electron chi connectivity index (χ0n) is 21.7. The van der Waals surface area contributed by atoms with E-state index in [9.17, 15) is 23.2 Å². The lowest BCUT2D eigenvalue weighted by Crippen LogP contribution is -2.51. The zero-order valence-corrected chi connectivity index (χ0v) is 22.5. The highest BCUT2D eigenvalue weighted by atomic mass is 35.5. The van der Waals surface area contributed by atoms with Gasteiger partial charge in [-0.05, 0) is 48.1 Å². The molecule has 206 valence electrons. The van der Waals surface area contributed by atoms with Gasteiger partial charge in [0.25, 0.3) is 0 Å². The molecule has 0 fully saturated rings. The fourth-order valence-corrected chi connectivity index (χ4v) is 4.79. The van der Waals surface area contributed by atoms with Crippen LogP contribution in [-0.2, 0) is 11.8 Å². The van der Waals surface area contributed by atoms with Gasteiger partial charge in [-0.2, -0.15) is 23.5 Å². The summed E-state index contributed by atoms with van der Waals surface area (Å²) in [6.45, 7) is 3.62. The van der Waals surface area contributed by atoms with Gasteiger partial charge in [0.2, 0.25) is 5.91 Å².